The molecule has 0 fully saturated rings. The van der Waals surface area contributed by atoms with Gasteiger partial charge in [0.2, 0.25) is 0 Å². The van der Waals surface area contributed by atoms with E-state index in [9.17, 15) is 14.4 Å². The van der Waals surface area contributed by atoms with Gasteiger partial charge in [0, 0.05) is 18.2 Å². The van der Waals surface area contributed by atoms with E-state index >= 15 is 0 Å². The van der Waals surface area contributed by atoms with Crippen LogP contribution in [0.5, 0.6) is 0 Å². The normalized spacial score (nSPS) is 12.2. The zero-order valence-corrected chi connectivity index (χ0v) is 17.8. The number of hydrogen-bond acceptors (Lipinski definition) is 5. The van der Waals surface area contributed by atoms with Crippen LogP contribution >= 0.6 is 11.6 Å². The Morgan fingerprint density at radius 3 is 2.55 bits per heavy atom. The number of rotatable bonds is 6. The van der Waals surface area contributed by atoms with E-state index in [0.29, 0.717) is 11.4 Å². The molecule has 2 aromatic rings. The third kappa shape index (κ3) is 6.60. The largest absolute Gasteiger partial charge is 0.444 e. The van der Waals surface area contributed by atoms with Gasteiger partial charge in [-0.25, -0.2) is 4.79 Å². The standard InChI is InChI=1S/C20H25ClN4O4/c1-11-9-16(25-24-11)23-18(27)17-13(7-6-8-14(17)21)10-15(26)12(2)22-19(28)29-20(3,4)5/h6-9,12H,10H2,1-5H3,(H,22,28)(H2,23,24,25,27)/t12-/m0/s1. The number of benzene rings is 1. The first-order valence-electron chi connectivity index (χ1n) is 9.09. The predicted octanol–water partition coefficient (Wildman–Crippen LogP) is 3.65. The Morgan fingerprint density at radius 2 is 1.97 bits per heavy atom. The molecule has 8 nitrogen and oxygen atoms in total. The van der Waals surface area contributed by atoms with Gasteiger partial charge in [-0.1, -0.05) is 23.7 Å². The van der Waals surface area contributed by atoms with Crippen molar-refractivity contribution >= 4 is 35.2 Å². The molecule has 0 aliphatic rings. The average molecular weight is 421 g/mol. The highest BCUT2D eigenvalue weighted by Crippen LogP contribution is 2.22. The van der Waals surface area contributed by atoms with Crippen molar-refractivity contribution in [1.29, 1.82) is 0 Å². The first-order valence-corrected chi connectivity index (χ1v) is 9.47. The lowest BCUT2D eigenvalue weighted by Crippen LogP contribution is -2.42. The maximum absolute atomic E-state index is 12.7. The van der Waals surface area contributed by atoms with Crippen LogP contribution in [0.15, 0.2) is 24.3 Å². The monoisotopic (exact) mass is 420 g/mol. The minimum absolute atomic E-state index is 0.0835. The van der Waals surface area contributed by atoms with Crippen LogP contribution in [-0.2, 0) is 16.0 Å². The summed E-state index contributed by atoms with van der Waals surface area (Å²) >= 11 is 6.23. The maximum Gasteiger partial charge on any atom is 0.408 e. The topological polar surface area (TPSA) is 113 Å². The van der Waals surface area contributed by atoms with Crippen molar-refractivity contribution in [2.45, 2.75) is 52.7 Å². The molecule has 2 rings (SSSR count). The van der Waals surface area contributed by atoms with E-state index in [0.717, 1.165) is 5.69 Å². The number of carbonyl (C=O) groups is 3. The number of halogens is 1. The molecule has 0 bridgehead atoms. The molecule has 3 N–H and O–H groups in total. The Morgan fingerprint density at radius 1 is 1.28 bits per heavy atom. The number of Topliss-reactive ketones (excluding diaryl/α,β-unsaturated/α-hetero) is 1. The van der Waals surface area contributed by atoms with Crippen molar-refractivity contribution in [3.8, 4) is 0 Å². The number of anilines is 1. The highest BCUT2D eigenvalue weighted by Gasteiger charge is 2.23. The van der Waals surface area contributed by atoms with Crippen LogP contribution in [0.3, 0.4) is 0 Å². The number of carbonyl (C=O) groups excluding carboxylic acids is 3. The van der Waals surface area contributed by atoms with Gasteiger partial charge in [-0.15, -0.1) is 0 Å². The molecule has 1 atom stereocenters. The van der Waals surface area contributed by atoms with Gasteiger partial charge < -0.3 is 15.4 Å². The van der Waals surface area contributed by atoms with Crippen LogP contribution in [0.4, 0.5) is 10.6 Å². The molecule has 0 aliphatic carbocycles. The molecule has 156 valence electrons. The second kappa shape index (κ2) is 9.09. The molecule has 1 heterocycles. The number of nitrogens with one attached hydrogen (secondary N) is 3. The average Bonchev–Trinajstić information content (AvgIpc) is 2.97. The lowest BCUT2D eigenvalue weighted by Gasteiger charge is -2.21. The lowest BCUT2D eigenvalue weighted by atomic mass is 9.99. The van der Waals surface area contributed by atoms with Crippen LogP contribution in [0.1, 0.15) is 49.3 Å². The van der Waals surface area contributed by atoms with Crippen LogP contribution in [0.2, 0.25) is 5.02 Å². The van der Waals surface area contributed by atoms with Gasteiger partial charge in [0.1, 0.15) is 5.60 Å². The summed E-state index contributed by atoms with van der Waals surface area (Å²) in [6, 6.07) is 5.75. The van der Waals surface area contributed by atoms with Crippen LogP contribution in [-0.4, -0.2) is 39.6 Å². The van der Waals surface area contributed by atoms with Gasteiger partial charge in [-0.2, -0.15) is 5.10 Å². The number of aromatic amines is 1. The molecule has 1 aromatic heterocycles. The summed E-state index contributed by atoms with van der Waals surface area (Å²) < 4.78 is 5.16. The number of amides is 2. The predicted molar refractivity (Wildman–Crippen MR) is 110 cm³/mol. The van der Waals surface area contributed by atoms with Crippen molar-refractivity contribution in [3.63, 3.8) is 0 Å². The third-order valence-corrected chi connectivity index (χ3v) is 4.17. The Bertz CT molecular complexity index is 917. The zero-order valence-electron chi connectivity index (χ0n) is 17.1. The summed E-state index contributed by atoms with van der Waals surface area (Å²) in [6.45, 7) is 8.56. The van der Waals surface area contributed by atoms with Crippen LogP contribution in [0.25, 0.3) is 0 Å². The molecule has 0 aliphatic heterocycles. The number of nitrogens with zero attached hydrogens (tertiary/aromatic N) is 1. The van der Waals surface area contributed by atoms with E-state index in [1.165, 1.54) is 0 Å². The van der Waals surface area contributed by atoms with Gasteiger partial charge >= 0.3 is 6.09 Å². The molecule has 0 saturated heterocycles. The molecule has 0 spiro atoms. The van der Waals surface area contributed by atoms with Gasteiger partial charge in [0.05, 0.1) is 16.6 Å². The minimum Gasteiger partial charge on any atom is -0.444 e. The fraction of sp³-hybridized carbons (Fsp3) is 0.400. The number of ether oxygens (including phenoxy) is 1. The van der Waals surface area contributed by atoms with Gasteiger partial charge in [0.25, 0.3) is 5.91 Å². The summed E-state index contributed by atoms with van der Waals surface area (Å²) in [7, 11) is 0. The summed E-state index contributed by atoms with van der Waals surface area (Å²) in [5.41, 5.74) is 0.755. The van der Waals surface area contributed by atoms with E-state index in [1.54, 1.807) is 58.9 Å². The first kappa shape index (κ1) is 22.4. The molecular weight excluding hydrogens is 396 g/mol. The first-order chi connectivity index (χ1) is 13.5. The van der Waals surface area contributed by atoms with Crippen molar-refractivity contribution in [2.75, 3.05) is 5.32 Å². The Hall–Kier alpha value is -2.87. The maximum atomic E-state index is 12.7. The van der Waals surface area contributed by atoms with Gasteiger partial charge in [0.15, 0.2) is 11.6 Å². The number of alkyl carbamates (subject to hydrolysis) is 1. The number of H-pyrrole nitrogens is 1. The molecule has 1 aromatic carbocycles. The van der Waals surface area contributed by atoms with Gasteiger partial charge in [-0.05, 0) is 46.2 Å². The summed E-state index contributed by atoms with van der Waals surface area (Å²) in [6.07, 6.45) is -0.767. The minimum atomic E-state index is -0.797. The molecule has 0 saturated carbocycles. The summed E-state index contributed by atoms with van der Waals surface area (Å²) in [5.74, 6) is -0.412. The van der Waals surface area contributed by atoms with Crippen molar-refractivity contribution < 1.29 is 19.1 Å². The Labute approximate surface area is 174 Å². The van der Waals surface area contributed by atoms with E-state index < -0.39 is 23.6 Å². The molecule has 29 heavy (non-hydrogen) atoms. The molecule has 9 heteroatoms. The zero-order chi connectivity index (χ0) is 21.8. The molecule has 0 unspecified atom stereocenters. The number of hydrogen-bond donors (Lipinski definition) is 3. The second-order valence-corrected chi connectivity index (χ2v) is 8.08. The highest BCUT2D eigenvalue weighted by atomic mass is 35.5. The van der Waals surface area contributed by atoms with Crippen molar-refractivity contribution in [3.05, 3.63) is 46.1 Å². The SMILES string of the molecule is Cc1cc(NC(=O)c2c(Cl)cccc2CC(=O)[C@H](C)NC(=O)OC(C)(C)C)n[nH]1. The fourth-order valence-corrected chi connectivity index (χ4v) is 2.82. The fourth-order valence-electron chi connectivity index (χ4n) is 2.54. The van der Waals surface area contributed by atoms with Crippen LogP contribution < -0.4 is 10.6 Å². The lowest BCUT2D eigenvalue weighted by molar-refractivity contribution is -0.120. The Kier molecular flexibility index (Phi) is 7.02. The summed E-state index contributed by atoms with van der Waals surface area (Å²) in [5, 5.41) is 12.1. The Balaban J connectivity index is 2.12. The molecule has 2 amide bonds. The highest BCUT2D eigenvalue weighted by molar-refractivity contribution is 6.34. The smallest absolute Gasteiger partial charge is 0.408 e. The number of ketones is 1. The quantitative estimate of drug-likeness (QED) is 0.660. The van der Waals surface area contributed by atoms with Crippen LogP contribution in [0, 0.1) is 6.92 Å². The third-order valence-electron chi connectivity index (χ3n) is 3.86. The summed E-state index contributed by atoms with van der Waals surface area (Å²) in [4.78, 5) is 37.2. The molecular formula is C20H25ClN4O4. The van der Waals surface area contributed by atoms with E-state index in [2.05, 4.69) is 20.8 Å². The molecule has 0 radical (unpaired) electrons. The second-order valence-electron chi connectivity index (χ2n) is 7.68. The van der Waals surface area contributed by atoms with Gasteiger partial charge in [-0.3, -0.25) is 14.7 Å². The van der Waals surface area contributed by atoms with E-state index in [4.69, 9.17) is 16.3 Å². The van der Waals surface area contributed by atoms with Crippen molar-refractivity contribution in [2.24, 2.45) is 0 Å². The van der Waals surface area contributed by atoms with E-state index in [-0.39, 0.29) is 22.8 Å². The number of aryl methyl sites for hydroxylation is 1. The van der Waals surface area contributed by atoms with Crippen molar-refractivity contribution in [1.82, 2.24) is 15.5 Å². The number of aromatic nitrogens is 2. The van der Waals surface area contributed by atoms with E-state index in [1.807, 2.05) is 0 Å².